The van der Waals surface area contributed by atoms with E-state index in [0.717, 1.165) is 12.1 Å². The van der Waals surface area contributed by atoms with Crippen LogP contribution < -0.4 is 15.5 Å². The lowest BCUT2D eigenvalue weighted by molar-refractivity contribution is -0.137. The molecule has 148 valence electrons. The minimum absolute atomic E-state index is 0.281. The SMILES string of the molecule is Cc1cc(N2CC[C@H](NC(=O)Nc3ccccc3C(F)(F)F)C2=O)ccc1F. The molecule has 28 heavy (non-hydrogen) atoms. The number of nitrogens with one attached hydrogen (secondary N) is 2. The van der Waals surface area contributed by atoms with Crippen LogP contribution in [0, 0.1) is 12.7 Å². The number of aryl methyl sites for hydroxylation is 1. The largest absolute Gasteiger partial charge is 0.418 e. The van der Waals surface area contributed by atoms with Gasteiger partial charge in [0.25, 0.3) is 0 Å². The Labute approximate surface area is 158 Å². The average Bonchev–Trinajstić information content (AvgIpc) is 2.97. The number of carbonyl (C=O) groups excluding carboxylic acids is 2. The van der Waals surface area contributed by atoms with E-state index < -0.39 is 41.2 Å². The van der Waals surface area contributed by atoms with Gasteiger partial charge in [-0.1, -0.05) is 12.1 Å². The van der Waals surface area contributed by atoms with Crippen LogP contribution in [0.1, 0.15) is 17.5 Å². The third-order valence-corrected chi connectivity index (χ3v) is 4.44. The van der Waals surface area contributed by atoms with Crippen LogP contribution in [-0.4, -0.2) is 24.5 Å². The highest BCUT2D eigenvalue weighted by Crippen LogP contribution is 2.34. The molecule has 1 fully saturated rings. The number of nitrogens with zero attached hydrogens (tertiary/aromatic N) is 1. The van der Waals surface area contributed by atoms with Gasteiger partial charge in [0.2, 0.25) is 5.91 Å². The van der Waals surface area contributed by atoms with E-state index in [2.05, 4.69) is 10.6 Å². The number of rotatable bonds is 3. The fourth-order valence-electron chi connectivity index (χ4n) is 3.02. The lowest BCUT2D eigenvalue weighted by Crippen LogP contribution is -2.43. The quantitative estimate of drug-likeness (QED) is 0.770. The Kier molecular flexibility index (Phi) is 5.26. The number of hydrogen-bond donors (Lipinski definition) is 2. The molecular formula is C19H17F4N3O2. The smallest absolute Gasteiger partial charge is 0.326 e. The molecule has 1 aliphatic heterocycles. The van der Waals surface area contributed by atoms with Crippen LogP contribution in [0.2, 0.25) is 0 Å². The Hall–Kier alpha value is -3.10. The van der Waals surface area contributed by atoms with Gasteiger partial charge in [0.15, 0.2) is 0 Å². The third kappa shape index (κ3) is 4.08. The van der Waals surface area contributed by atoms with Gasteiger partial charge in [-0.25, -0.2) is 9.18 Å². The molecule has 2 aromatic carbocycles. The first-order valence-electron chi connectivity index (χ1n) is 8.48. The lowest BCUT2D eigenvalue weighted by Gasteiger charge is -2.18. The maximum absolute atomic E-state index is 13.4. The average molecular weight is 395 g/mol. The summed E-state index contributed by atoms with van der Waals surface area (Å²) in [6.45, 7) is 1.87. The number of urea groups is 1. The molecule has 1 saturated heterocycles. The summed E-state index contributed by atoms with van der Waals surface area (Å²) in [4.78, 5) is 26.1. The van der Waals surface area contributed by atoms with Crippen LogP contribution >= 0.6 is 0 Å². The van der Waals surface area contributed by atoms with Crippen LogP contribution in [0.4, 0.5) is 33.7 Å². The number of benzene rings is 2. The summed E-state index contributed by atoms with van der Waals surface area (Å²) in [5.41, 5.74) is -0.505. The summed E-state index contributed by atoms with van der Waals surface area (Å²) in [6.07, 6.45) is -4.34. The zero-order valence-corrected chi connectivity index (χ0v) is 14.8. The molecule has 0 spiro atoms. The Bertz CT molecular complexity index is 914. The molecule has 0 aliphatic carbocycles. The topological polar surface area (TPSA) is 61.4 Å². The molecule has 0 bridgehead atoms. The van der Waals surface area contributed by atoms with Gasteiger partial charge in [0, 0.05) is 12.2 Å². The number of halogens is 4. The maximum atomic E-state index is 13.4. The number of hydrogen-bond acceptors (Lipinski definition) is 2. The minimum Gasteiger partial charge on any atom is -0.326 e. The normalized spacial score (nSPS) is 17.0. The second kappa shape index (κ2) is 7.49. The second-order valence-corrected chi connectivity index (χ2v) is 6.41. The van der Waals surface area contributed by atoms with Crippen LogP contribution in [0.25, 0.3) is 0 Å². The van der Waals surface area contributed by atoms with Crippen molar-refractivity contribution in [3.63, 3.8) is 0 Å². The first kappa shape index (κ1) is 19.7. The van der Waals surface area contributed by atoms with Crippen LogP contribution in [0.15, 0.2) is 42.5 Å². The highest BCUT2D eigenvalue weighted by Gasteiger charge is 2.36. The highest BCUT2D eigenvalue weighted by atomic mass is 19.4. The predicted molar refractivity (Wildman–Crippen MR) is 95.5 cm³/mol. The third-order valence-electron chi connectivity index (χ3n) is 4.44. The van der Waals surface area contributed by atoms with Gasteiger partial charge in [0.05, 0.1) is 11.3 Å². The standard InChI is InChI=1S/C19H17F4N3O2/c1-11-10-12(6-7-14(11)20)26-9-8-16(17(26)27)25-18(28)24-15-5-3-2-4-13(15)19(21,22)23/h2-7,10,16H,8-9H2,1H3,(H2,24,25,28)/t16-/m0/s1. The van der Waals surface area contributed by atoms with Crippen molar-refractivity contribution in [2.45, 2.75) is 25.6 Å². The van der Waals surface area contributed by atoms with E-state index in [9.17, 15) is 27.2 Å². The van der Waals surface area contributed by atoms with Gasteiger partial charge >= 0.3 is 12.2 Å². The van der Waals surface area contributed by atoms with Crippen molar-refractivity contribution in [2.24, 2.45) is 0 Å². The van der Waals surface area contributed by atoms with Gasteiger partial charge in [-0.3, -0.25) is 4.79 Å². The number of alkyl halides is 3. The Morgan fingerprint density at radius 2 is 1.89 bits per heavy atom. The molecule has 0 radical (unpaired) electrons. The summed E-state index contributed by atoms with van der Waals surface area (Å²) in [7, 11) is 0. The molecule has 0 unspecified atom stereocenters. The van der Waals surface area contributed by atoms with Crippen molar-refractivity contribution in [1.82, 2.24) is 5.32 Å². The molecular weight excluding hydrogens is 378 g/mol. The van der Waals surface area contributed by atoms with E-state index in [1.165, 1.54) is 35.2 Å². The molecule has 1 heterocycles. The van der Waals surface area contributed by atoms with Gasteiger partial charge in [-0.2, -0.15) is 13.2 Å². The van der Waals surface area contributed by atoms with Crippen molar-refractivity contribution in [1.29, 1.82) is 0 Å². The zero-order chi connectivity index (χ0) is 20.5. The van der Waals surface area contributed by atoms with E-state index in [1.807, 2.05) is 0 Å². The highest BCUT2D eigenvalue weighted by molar-refractivity contribution is 6.02. The van der Waals surface area contributed by atoms with Crippen molar-refractivity contribution in [2.75, 3.05) is 16.8 Å². The summed E-state index contributed by atoms with van der Waals surface area (Å²) >= 11 is 0. The van der Waals surface area contributed by atoms with Crippen molar-refractivity contribution in [3.05, 3.63) is 59.4 Å². The molecule has 3 rings (SSSR count). The molecule has 0 aromatic heterocycles. The van der Waals surface area contributed by atoms with E-state index in [1.54, 1.807) is 6.92 Å². The first-order valence-corrected chi connectivity index (χ1v) is 8.48. The van der Waals surface area contributed by atoms with Crippen molar-refractivity contribution >= 4 is 23.3 Å². The predicted octanol–water partition coefficient (Wildman–Crippen LogP) is 4.08. The van der Waals surface area contributed by atoms with Gasteiger partial charge < -0.3 is 15.5 Å². The summed E-state index contributed by atoms with van der Waals surface area (Å²) < 4.78 is 52.4. The zero-order valence-electron chi connectivity index (χ0n) is 14.8. The van der Waals surface area contributed by atoms with Crippen molar-refractivity contribution < 1.29 is 27.2 Å². The maximum Gasteiger partial charge on any atom is 0.418 e. The minimum atomic E-state index is -4.62. The summed E-state index contributed by atoms with van der Waals surface area (Å²) in [5, 5.41) is 4.54. The fourth-order valence-corrected chi connectivity index (χ4v) is 3.02. The summed E-state index contributed by atoms with van der Waals surface area (Å²) in [5.74, 6) is -0.807. The molecule has 1 aliphatic rings. The van der Waals surface area contributed by atoms with E-state index in [4.69, 9.17) is 0 Å². The van der Waals surface area contributed by atoms with E-state index in [-0.39, 0.29) is 6.42 Å². The lowest BCUT2D eigenvalue weighted by atomic mass is 10.1. The Balaban J connectivity index is 1.67. The number of amides is 3. The summed E-state index contributed by atoms with van der Waals surface area (Å²) in [6, 6.07) is 7.01. The molecule has 5 nitrogen and oxygen atoms in total. The van der Waals surface area contributed by atoms with Crippen molar-refractivity contribution in [3.8, 4) is 0 Å². The van der Waals surface area contributed by atoms with Gasteiger partial charge in [-0.05, 0) is 49.2 Å². The fraction of sp³-hybridized carbons (Fsp3) is 0.263. The van der Waals surface area contributed by atoms with E-state index in [0.29, 0.717) is 17.8 Å². The number of para-hydroxylation sites is 1. The monoisotopic (exact) mass is 395 g/mol. The van der Waals surface area contributed by atoms with E-state index >= 15 is 0 Å². The van der Waals surface area contributed by atoms with Crippen LogP contribution in [0.3, 0.4) is 0 Å². The molecule has 9 heteroatoms. The second-order valence-electron chi connectivity index (χ2n) is 6.41. The number of carbonyl (C=O) groups is 2. The molecule has 1 atom stereocenters. The first-order chi connectivity index (χ1) is 13.2. The molecule has 0 saturated carbocycles. The molecule has 2 aromatic rings. The molecule has 3 amide bonds. The Morgan fingerprint density at radius 1 is 1.18 bits per heavy atom. The molecule has 2 N–H and O–H groups in total. The van der Waals surface area contributed by atoms with Crippen LogP contribution in [-0.2, 0) is 11.0 Å². The van der Waals surface area contributed by atoms with Gasteiger partial charge in [0.1, 0.15) is 11.9 Å². The van der Waals surface area contributed by atoms with Gasteiger partial charge in [-0.15, -0.1) is 0 Å². The number of anilines is 2. The Morgan fingerprint density at radius 3 is 2.57 bits per heavy atom. The van der Waals surface area contributed by atoms with Crippen LogP contribution in [0.5, 0.6) is 0 Å².